The summed E-state index contributed by atoms with van der Waals surface area (Å²) in [5.74, 6) is 0. The third-order valence-corrected chi connectivity index (χ3v) is 0. The van der Waals surface area contributed by atoms with Gasteiger partial charge in [0, 0.05) is 20.1 Å². The molecule has 0 fully saturated rings. The Morgan fingerprint density at radius 2 is 0.500 bits per heavy atom. The van der Waals surface area contributed by atoms with Gasteiger partial charge in [0.2, 0.25) is 0 Å². The Balaban J connectivity index is 0. The number of rotatable bonds is 0. The molecular weight excluding hydrogens is 357 g/mol. The van der Waals surface area contributed by atoms with Gasteiger partial charge < -0.3 is 21.9 Å². The van der Waals surface area contributed by atoms with Crippen molar-refractivity contribution in [1.82, 2.24) is 0 Å². The molecule has 0 N–H and O–H groups in total. The van der Waals surface area contributed by atoms with E-state index in [1.165, 1.54) is 0 Å². The summed E-state index contributed by atoms with van der Waals surface area (Å²) in [5, 5.41) is 0. The minimum atomic E-state index is 0. The zero-order chi connectivity index (χ0) is 0. The van der Waals surface area contributed by atoms with Crippen LogP contribution in [0.15, 0.2) is 0 Å². The van der Waals surface area contributed by atoms with E-state index in [9.17, 15) is 0 Å². The van der Waals surface area contributed by atoms with Gasteiger partial charge in [-0.2, -0.15) is 0 Å². The van der Waals surface area contributed by atoms with Crippen molar-refractivity contribution in [3.63, 3.8) is 0 Å². The summed E-state index contributed by atoms with van der Waals surface area (Å²) in [5.41, 5.74) is 0. The summed E-state index contributed by atoms with van der Waals surface area (Å²) >= 11 is 0. The van der Waals surface area contributed by atoms with Crippen molar-refractivity contribution in [2.24, 2.45) is 0 Å². The van der Waals surface area contributed by atoms with Crippen LogP contribution in [0.4, 0.5) is 0 Å². The molecule has 0 saturated carbocycles. The normalized spacial score (nSPS) is 0. The Morgan fingerprint density at radius 3 is 0.500 bits per heavy atom. The van der Waals surface area contributed by atoms with E-state index in [1.54, 1.807) is 0 Å². The predicted octanol–water partition coefficient (Wildman–Crippen LogP) is -0.480. The van der Waals surface area contributed by atoms with E-state index < -0.39 is 0 Å². The summed E-state index contributed by atoms with van der Waals surface area (Å²) in [6.07, 6.45) is 0. The van der Waals surface area contributed by atoms with Crippen molar-refractivity contribution in [2.75, 3.05) is 0 Å². The van der Waals surface area contributed by atoms with Crippen molar-refractivity contribution >= 4 is 0 Å². The molecule has 0 bridgehead atoms. The average Bonchev–Trinajstić information content (AvgIpc) is 0. The Labute approximate surface area is 61.7 Å². The Kier molecular flexibility index (Phi) is 4620. The second kappa shape index (κ2) is 129. The van der Waals surface area contributed by atoms with E-state index in [2.05, 4.69) is 0 Å². The molecule has 45 valence electrons. The van der Waals surface area contributed by atoms with E-state index in [-0.39, 0.29) is 61.5 Å². The molecule has 0 aromatic rings. The Morgan fingerprint density at radius 1 is 0.500 bits per heavy atom. The molecule has 0 aromatic heterocycles. The third-order valence-electron chi connectivity index (χ3n) is 0. The Hall–Kier alpha value is 1.11. The molecule has 0 saturated heterocycles. The second-order valence-electron chi connectivity index (χ2n) is 0. The fourth-order valence-electron chi connectivity index (χ4n) is 0. The van der Waals surface area contributed by atoms with Crippen LogP contribution in [-0.4, -0.2) is 0 Å². The Bertz CT molecular complexity index is 7.51. The van der Waals surface area contributed by atoms with Crippen LogP contribution >= 0.6 is 0 Å². The molecule has 0 rings (SSSR count). The topological polar surface area (TPSA) is 114 Å². The van der Waals surface area contributed by atoms with Crippen molar-refractivity contribution in [2.45, 2.75) is 0 Å². The van der Waals surface area contributed by atoms with E-state index in [0.29, 0.717) is 0 Å². The van der Waals surface area contributed by atoms with Gasteiger partial charge in [-0.1, -0.05) is 0 Å². The van der Waals surface area contributed by atoms with Crippen LogP contribution in [0.5, 0.6) is 0 Å². The van der Waals surface area contributed by atoms with Crippen LogP contribution in [0.2, 0.25) is 0 Å². The SMILES string of the molecule is [Ir].[O-2].[O-2].[O-2].[O-2].[Ru+4]. The predicted molar refractivity (Wildman–Crippen MR) is 2.75 cm³/mol. The van der Waals surface area contributed by atoms with Crippen molar-refractivity contribution in [1.29, 1.82) is 0 Å². The molecule has 0 heterocycles. The van der Waals surface area contributed by atoms with Gasteiger partial charge >= 0.3 is 19.5 Å². The quantitative estimate of drug-likeness (QED) is 0.521. The first-order valence-corrected chi connectivity index (χ1v) is 0. The van der Waals surface area contributed by atoms with Crippen LogP contribution in [0, 0.1) is 0 Å². The molecule has 1 radical (unpaired) electrons. The standard InChI is InChI=1S/Ir.4O.Ru/q;4*-2;+4. The fraction of sp³-hybridized carbons (Fsp3) is 0. The molecule has 4 nitrogen and oxygen atoms in total. The first-order chi connectivity index (χ1) is 0. The van der Waals surface area contributed by atoms with Crippen LogP contribution in [0.25, 0.3) is 0 Å². The molecular formula is IrO4Ru-4. The molecule has 0 aromatic carbocycles. The first kappa shape index (κ1) is 215. The molecule has 0 aliphatic carbocycles. The summed E-state index contributed by atoms with van der Waals surface area (Å²) < 4.78 is 0. The molecule has 0 unspecified atom stereocenters. The molecule has 6 heteroatoms. The van der Waals surface area contributed by atoms with E-state index >= 15 is 0 Å². The molecule has 0 aliphatic rings. The monoisotopic (exact) mass is 359 g/mol. The largest absolute Gasteiger partial charge is 4.00 e. The van der Waals surface area contributed by atoms with Crippen LogP contribution in [-0.2, 0) is 61.5 Å². The minimum absolute atomic E-state index is 0. The summed E-state index contributed by atoms with van der Waals surface area (Å²) in [6, 6.07) is 0. The average molecular weight is 357 g/mol. The van der Waals surface area contributed by atoms with Gasteiger partial charge in [-0.15, -0.1) is 0 Å². The summed E-state index contributed by atoms with van der Waals surface area (Å²) in [6.45, 7) is 0. The molecule has 0 aliphatic heterocycles. The summed E-state index contributed by atoms with van der Waals surface area (Å²) in [4.78, 5) is 0. The van der Waals surface area contributed by atoms with Gasteiger partial charge in [0.1, 0.15) is 0 Å². The second-order valence-corrected chi connectivity index (χ2v) is 0. The minimum Gasteiger partial charge on any atom is -2.00 e. The molecule has 0 atom stereocenters. The zero-order valence-corrected chi connectivity index (χ0v) is 6.45. The van der Waals surface area contributed by atoms with Gasteiger partial charge in [-0.25, -0.2) is 0 Å². The summed E-state index contributed by atoms with van der Waals surface area (Å²) in [7, 11) is 0. The zero-order valence-electron chi connectivity index (χ0n) is 2.32. The van der Waals surface area contributed by atoms with Crippen molar-refractivity contribution in [3.05, 3.63) is 0 Å². The van der Waals surface area contributed by atoms with Crippen LogP contribution in [0.3, 0.4) is 0 Å². The third kappa shape index (κ3) is 69.8. The maximum absolute atomic E-state index is 0. The van der Waals surface area contributed by atoms with Crippen LogP contribution < -0.4 is 0 Å². The fourth-order valence-corrected chi connectivity index (χ4v) is 0. The van der Waals surface area contributed by atoms with E-state index in [4.69, 9.17) is 0 Å². The van der Waals surface area contributed by atoms with Crippen LogP contribution in [0.1, 0.15) is 0 Å². The van der Waals surface area contributed by atoms with E-state index in [0.717, 1.165) is 0 Å². The van der Waals surface area contributed by atoms with Gasteiger partial charge in [0.15, 0.2) is 0 Å². The van der Waals surface area contributed by atoms with Crippen molar-refractivity contribution in [3.8, 4) is 0 Å². The van der Waals surface area contributed by atoms with Gasteiger partial charge in [-0.05, 0) is 0 Å². The maximum Gasteiger partial charge on any atom is 4.00 e. The van der Waals surface area contributed by atoms with Gasteiger partial charge in [0.05, 0.1) is 0 Å². The molecule has 0 amide bonds. The molecule has 6 heavy (non-hydrogen) atoms. The molecule has 0 spiro atoms. The number of hydrogen-bond acceptors (Lipinski definition) is 0. The van der Waals surface area contributed by atoms with E-state index in [1.807, 2.05) is 0 Å². The number of hydrogen-bond donors (Lipinski definition) is 0. The van der Waals surface area contributed by atoms with Gasteiger partial charge in [-0.3, -0.25) is 0 Å². The first-order valence-electron chi connectivity index (χ1n) is 0. The maximum atomic E-state index is 0. The smallest absolute Gasteiger partial charge is 2.00 e. The van der Waals surface area contributed by atoms with Gasteiger partial charge in [0.25, 0.3) is 0 Å². The van der Waals surface area contributed by atoms with Crippen molar-refractivity contribution < 1.29 is 61.5 Å².